The van der Waals surface area contributed by atoms with Gasteiger partial charge in [-0.1, -0.05) is 49.2 Å². The predicted molar refractivity (Wildman–Crippen MR) is 98.6 cm³/mol. The third kappa shape index (κ3) is 5.88. The number of rotatable bonds is 10. The van der Waals surface area contributed by atoms with Gasteiger partial charge in [0.25, 0.3) is 0 Å². The second-order valence-corrected chi connectivity index (χ2v) is 6.23. The molecule has 136 valence electrons. The number of hydrogen-bond acceptors (Lipinski definition) is 4. The number of aromatic nitrogens is 1. The maximum absolute atomic E-state index is 12.1. The average molecular weight is 354 g/mol. The van der Waals surface area contributed by atoms with E-state index in [0.717, 1.165) is 24.8 Å². The van der Waals surface area contributed by atoms with Crippen LogP contribution in [0.5, 0.6) is 0 Å². The molecule has 26 heavy (non-hydrogen) atoms. The van der Waals surface area contributed by atoms with Gasteiger partial charge in [-0.3, -0.25) is 14.4 Å². The zero-order valence-corrected chi connectivity index (χ0v) is 14.5. The van der Waals surface area contributed by atoms with Crippen LogP contribution in [-0.4, -0.2) is 16.3 Å². The van der Waals surface area contributed by atoms with E-state index in [1.54, 1.807) is 16.8 Å². The fourth-order valence-electron chi connectivity index (χ4n) is 2.94. The lowest BCUT2D eigenvalue weighted by Crippen LogP contribution is -2.24. The molecule has 1 aromatic carbocycles. The molecule has 0 fully saturated rings. The van der Waals surface area contributed by atoms with Gasteiger partial charge in [-0.05, 0) is 30.9 Å². The zero-order valence-electron chi connectivity index (χ0n) is 14.5. The van der Waals surface area contributed by atoms with Crippen molar-refractivity contribution in [3.8, 4) is 0 Å². The molecular formula is C20H22N2O4. The molecule has 6 heteroatoms. The summed E-state index contributed by atoms with van der Waals surface area (Å²) in [4.78, 5) is 45.6. The molecule has 1 heterocycles. The number of hydrogen-bond donors (Lipinski definition) is 0. The average Bonchev–Trinajstić information content (AvgIpc) is 2.67. The number of aryl methyl sites for hydroxylation is 1. The quantitative estimate of drug-likeness (QED) is 0.373. The van der Waals surface area contributed by atoms with Crippen molar-refractivity contribution in [1.29, 1.82) is 0 Å². The Labute approximate surface area is 151 Å². The molecule has 2 aromatic rings. The molecule has 0 saturated carbocycles. The highest BCUT2D eigenvalue weighted by molar-refractivity contribution is 6.37. The number of ketones is 1. The van der Waals surface area contributed by atoms with E-state index in [4.69, 9.17) is 0 Å². The largest absolute Gasteiger partial charge is 0.352 e. The smallest absolute Gasteiger partial charge is 0.316 e. The number of amides is 1. The Morgan fingerprint density at radius 3 is 2.38 bits per heavy atom. The van der Waals surface area contributed by atoms with Crippen LogP contribution in [0.4, 0.5) is 0 Å². The van der Waals surface area contributed by atoms with Gasteiger partial charge in [0.2, 0.25) is 11.3 Å². The minimum Gasteiger partial charge on any atom is -0.316 e. The molecule has 0 radical (unpaired) electrons. The van der Waals surface area contributed by atoms with Crippen molar-refractivity contribution < 1.29 is 9.59 Å². The number of carbonyl (C=O) groups excluding carboxylic acids is 2. The van der Waals surface area contributed by atoms with Crippen LogP contribution in [-0.2, 0) is 22.6 Å². The van der Waals surface area contributed by atoms with E-state index < -0.39 is 17.6 Å². The van der Waals surface area contributed by atoms with Gasteiger partial charge in [0.05, 0.1) is 0 Å². The number of nitrogens with zero attached hydrogens (tertiary/aromatic N) is 2. The zero-order chi connectivity index (χ0) is 18.8. The Morgan fingerprint density at radius 1 is 0.962 bits per heavy atom. The van der Waals surface area contributed by atoms with Crippen molar-refractivity contribution in [1.82, 2.24) is 4.57 Å². The Hall–Kier alpha value is -2.89. The maximum Gasteiger partial charge on any atom is 0.352 e. The molecule has 1 amide bonds. The second kappa shape index (κ2) is 10.2. The van der Waals surface area contributed by atoms with Gasteiger partial charge in [-0.2, -0.15) is 0 Å². The van der Waals surface area contributed by atoms with Crippen molar-refractivity contribution in [2.45, 2.75) is 38.6 Å². The summed E-state index contributed by atoms with van der Waals surface area (Å²) < 4.78 is 1.65. The van der Waals surface area contributed by atoms with Crippen molar-refractivity contribution in [3.05, 3.63) is 75.6 Å². The standard InChI is InChI=1S/C20H22N2O4/c23-18-12-6-8-14-22(18)13-7-2-5-11-17(19(24)20(25)21-26)15-16-9-3-1-4-10-16/h1,3-4,6,8-10,12,14,17H,2,5,7,11,13,15H2. The van der Waals surface area contributed by atoms with Crippen LogP contribution < -0.4 is 5.56 Å². The number of pyridine rings is 1. The molecule has 0 bridgehead atoms. The van der Waals surface area contributed by atoms with Gasteiger partial charge in [0, 0.05) is 29.9 Å². The lowest BCUT2D eigenvalue weighted by Gasteiger charge is -2.14. The molecule has 0 aliphatic carbocycles. The molecule has 0 N–H and O–H groups in total. The summed E-state index contributed by atoms with van der Waals surface area (Å²) in [5.74, 6) is -2.47. The van der Waals surface area contributed by atoms with Crippen molar-refractivity contribution >= 4 is 11.7 Å². The van der Waals surface area contributed by atoms with E-state index in [9.17, 15) is 19.3 Å². The van der Waals surface area contributed by atoms with Crippen LogP contribution in [0.1, 0.15) is 31.2 Å². The van der Waals surface area contributed by atoms with Gasteiger partial charge in [-0.15, -0.1) is 4.91 Å². The summed E-state index contributed by atoms with van der Waals surface area (Å²) >= 11 is 0. The summed E-state index contributed by atoms with van der Waals surface area (Å²) in [6, 6.07) is 14.4. The van der Waals surface area contributed by atoms with Crippen LogP contribution in [0.25, 0.3) is 0 Å². The Kier molecular flexibility index (Phi) is 7.61. The number of nitroso groups, excluding NO2 is 1. The summed E-state index contributed by atoms with van der Waals surface area (Å²) in [6.45, 7) is 0.617. The van der Waals surface area contributed by atoms with Crippen molar-refractivity contribution in [2.75, 3.05) is 0 Å². The first-order valence-corrected chi connectivity index (χ1v) is 8.72. The van der Waals surface area contributed by atoms with Crippen LogP contribution in [0.2, 0.25) is 0 Å². The maximum atomic E-state index is 12.1. The molecule has 6 nitrogen and oxygen atoms in total. The fourth-order valence-corrected chi connectivity index (χ4v) is 2.94. The van der Waals surface area contributed by atoms with E-state index in [1.165, 1.54) is 6.07 Å². The Morgan fingerprint density at radius 2 is 1.69 bits per heavy atom. The van der Waals surface area contributed by atoms with E-state index in [0.29, 0.717) is 19.4 Å². The summed E-state index contributed by atoms with van der Waals surface area (Å²) in [5, 5.41) is 2.27. The first kappa shape index (κ1) is 19.4. The van der Waals surface area contributed by atoms with Crippen LogP contribution >= 0.6 is 0 Å². The van der Waals surface area contributed by atoms with Gasteiger partial charge in [-0.25, -0.2) is 0 Å². The lowest BCUT2D eigenvalue weighted by molar-refractivity contribution is -0.138. The first-order chi connectivity index (χ1) is 12.6. The molecular weight excluding hydrogens is 332 g/mol. The molecule has 0 aliphatic rings. The highest BCUT2D eigenvalue weighted by Crippen LogP contribution is 2.18. The fraction of sp³-hybridized carbons (Fsp3) is 0.350. The van der Waals surface area contributed by atoms with E-state index >= 15 is 0 Å². The number of carbonyl (C=O) groups is 2. The van der Waals surface area contributed by atoms with Gasteiger partial charge in [0.15, 0.2) is 0 Å². The number of benzene rings is 1. The normalized spacial score (nSPS) is 11.7. The minimum absolute atomic E-state index is 0.0349. The third-order valence-electron chi connectivity index (χ3n) is 4.34. The van der Waals surface area contributed by atoms with Gasteiger partial charge < -0.3 is 4.57 Å². The van der Waals surface area contributed by atoms with Gasteiger partial charge >= 0.3 is 5.91 Å². The third-order valence-corrected chi connectivity index (χ3v) is 4.34. The molecule has 1 aromatic heterocycles. The van der Waals surface area contributed by atoms with Crippen molar-refractivity contribution in [2.24, 2.45) is 11.1 Å². The molecule has 1 unspecified atom stereocenters. The Bertz CT molecular complexity index is 799. The van der Waals surface area contributed by atoms with Crippen LogP contribution in [0.3, 0.4) is 0 Å². The molecule has 0 spiro atoms. The highest BCUT2D eigenvalue weighted by atomic mass is 16.3. The van der Waals surface area contributed by atoms with Crippen LogP contribution in [0.15, 0.2) is 64.7 Å². The summed E-state index contributed by atoms with van der Waals surface area (Å²) in [5.41, 5.74) is 0.910. The molecule has 2 rings (SSSR count). The SMILES string of the molecule is O=NC(=O)C(=O)C(CCCCCn1ccccc1=O)Cc1ccccc1. The monoisotopic (exact) mass is 354 g/mol. The lowest BCUT2D eigenvalue weighted by atomic mass is 9.90. The summed E-state index contributed by atoms with van der Waals surface area (Å²) in [7, 11) is 0. The highest BCUT2D eigenvalue weighted by Gasteiger charge is 2.25. The molecule has 1 atom stereocenters. The second-order valence-electron chi connectivity index (χ2n) is 6.23. The number of unbranched alkanes of at least 4 members (excludes halogenated alkanes) is 2. The first-order valence-electron chi connectivity index (χ1n) is 8.72. The van der Waals surface area contributed by atoms with E-state index in [2.05, 4.69) is 5.18 Å². The molecule has 0 saturated heterocycles. The molecule has 0 aliphatic heterocycles. The predicted octanol–water partition coefficient (Wildman–Crippen LogP) is 3.13. The van der Waals surface area contributed by atoms with E-state index in [1.807, 2.05) is 36.4 Å². The van der Waals surface area contributed by atoms with Gasteiger partial charge in [0.1, 0.15) is 0 Å². The Balaban J connectivity index is 1.87. The van der Waals surface area contributed by atoms with Crippen LogP contribution in [0, 0.1) is 10.8 Å². The van der Waals surface area contributed by atoms with E-state index in [-0.39, 0.29) is 5.56 Å². The van der Waals surface area contributed by atoms with Crippen molar-refractivity contribution in [3.63, 3.8) is 0 Å². The number of Topliss-reactive ketones (excluding diaryl/α,β-unsaturated/α-hetero) is 1. The topological polar surface area (TPSA) is 85.6 Å². The summed E-state index contributed by atoms with van der Waals surface area (Å²) in [6.07, 6.45) is 5.03. The minimum atomic E-state index is -1.21.